The Morgan fingerprint density at radius 2 is 1.37 bits per heavy atom. The second-order valence-corrected chi connectivity index (χ2v) is 7.66. The lowest BCUT2D eigenvalue weighted by atomic mass is 10.0. The Morgan fingerprint density at radius 3 is 1.97 bits per heavy atom. The number of hydrogen-bond donors (Lipinski definition) is 3. The zero-order valence-corrected chi connectivity index (χ0v) is 17.7. The molecular formula is C22H16Cl3N3O2. The average Bonchev–Trinajstić information content (AvgIpc) is 2.72. The molecule has 0 saturated heterocycles. The first kappa shape index (κ1) is 21.8. The van der Waals surface area contributed by atoms with Gasteiger partial charge < -0.3 is 10.6 Å². The summed E-state index contributed by atoms with van der Waals surface area (Å²) in [5, 5.41) is 14.4. The standard InChI is InChI=1S/C22H16Cl3N3O2/c23-16-8-6-13(7-9-16)19(22(30)28-20(26)14-4-2-1-3-5-14)27-21(29)15-10-17(24)12-18(25)11-15/h1-12,19H,(H,27,29)(H2,26,28,30). The SMILES string of the molecule is N=C(NC(=O)C(NC(=O)c1cc(Cl)cc(Cl)c1)c1ccc(Cl)cc1)c1ccccc1. The number of carbonyl (C=O) groups excluding carboxylic acids is 2. The second-order valence-electron chi connectivity index (χ2n) is 6.35. The number of benzene rings is 3. The molecule has 0 aliphatic carbocycles. The van der Waals surface area contributed by atoms with E-state index < -0.39 is 17.9 Å². The van der Waals surface area contributed by atoms with Gasteiger partial charge in [0.2, 0.25) is 0 Å². The molecule has 5 nitrogen and oxygen atoms in total. The Hall–Kier alpha value is -2.86. The van der Waals surface area contributed by atoms with Gasteiger partial charge in [0.15, 0.2) is 0 Å². The molecule has 3 rings (SSSR count). The third kappa shape index (κ3) is 5.60. The van der Waals surface area contributed by atoms with E-state index in [4.69, 9.17) is 40.2 Å². The summed E-state index contributed by atoms with van der Waals surface area (Å²) in [5.41, 5.74) is 1.24. The first-order valence-electron chi connectivity index (χ1n) is 8.81. The van der Waals surface area contributed by atoms with Crippen LogP contribution in [0.3, 0.4) is 0 Å². The fraction of sp³-hybridized carbons (Fsp3) is 0.0455. The van der Waals surface area contributed by atoms with Crippen LogP contribution in [0.25, 0.3) is 0 Å². The van der Waals surface area contributed by atoms with Gasteiger partial charge in [-0.2, -0.15) is 0 Å². The Balaban J connectivity index is 1.86. The van der Waals surface area contributed by atoms with E-state index in [0.29, 0.717) is 26.2 Å². The molecule has 0 aliphatic heterocycles. The molecule has 1 atom stereocenters. The van der Waals surface area contributed by atoms with Crippen LogP contribution in [0.2, 0.25) is 15.1 Å². The molecule has 0 radical (unpaired) electrons. The summed E-state index contributed by atoms with van der Waals surface area (Å²) < 4.78 is 0. The van der Waals surface area contributed by atoms with Gasteiger partial charge in [0.25, 0.3) is 11.8 Å². The van der Waals surface area contributed by atoms with Gasteiger partial charge in [-0.15, -0.1) is 0 Å². The van der Waals surface area contributed by atoms with Crippen molar-refractivity contribution in [2.75, 3.05) is 0 Å². The van der Waals surface area contributed by atoms with E-state index in [-0.39, 0.29) is 11.4 Å². The van der Waals surface area contributed by atoms with Crippen molar-refractivity contribution >= 4 is 52.5 Å². The van der Waals surface area contributed by atoms with Crippen LogP contribution in [0.15, 0.2) is 72.8 Å². The lowest BCUT2D eigenvalue weighted by Crippen LogP contribution is -2.42. The van der Waals surface area contributed by atoms with Crippen molar-refractivity contribution in [3.8, 4) is 0 Å². The maximum absolute atomic E-state index is 13.0. The molecule has 152 valence electrons. The molecule has 0 saturated carbocycles. The third-order valence-corrected chi connectivity index (χ3v) is 4.86. The van der Waals surface area contributed by atoms with Gasteiger partial charge in [-0.05, 0) is 35.9 Å². The normalized spacial score (nSPS) is 11.4. The Bertz CT molecular complexity index is 1070. The molecular weight excluding hydrogens is 445 g/mol. The van der Waals surface area contributed by atoms with Crippen LogP contribution >= 0.6 is 34.8 Å². The van der Waals surface area contributed by atoms with Gasteiger partial charge in [0, 0.05) is 26.2 Å². The smallest absolute Gasteiger partial charge is 0.252 e. The van der Waals surface area contributed by atoms with Crippen molar-refractivity contribution in [2.24, 2.45) is 0 Å². The highest BCUT2D eigenvalue weighted by Crippen LogP contribution is 2.21. The Morgan fingerprint density at radius 1 is 0.767 bits per heavy atom. The van der Waals surface area contributed by atoms with Gasteiger partial charge in [-0.1, -0.05) is 77.3 Å². The van der Waals surface area contributed by atoms with E-state index in [9.17, 15) is 9.59 Å². The molecule has 0 heterocycles. The summed E-state index contributed by atoms with van der Waals surface area (Å²) in [6.07, 6.45) is 0. The topological polar surface area (TPSA) is 82.1 Å². The van der Waals surface area contributed by atoms with Gasteiger partial charge in [-0.3, -0.25) is 15.0 Å². The molecule has 0 aliphatic rings. The highest BCUT2D eigenvalue weighted by molar-refractivity contribution is 6.35. The maximum atomic E-state index is 13.0. The second kappa shape index (κ2) is 9.76. The summed E-state index contributed by atoms with van der Waals surface area (Å²) >= 11 is 17.9. The minimum atomic E-state index is -1.07. The molecule has 3 aromatic rings. The van der Waals surface area contributed by atoms with Gasteiger partial charge in [0.1, 0.15) is 11.9 Å². The number of carbonyl (C=O) groups is 2. The Labute approximate surface area is 188 Å². The molecule has 0 bridgehead atoms. The average molecular weight is 461 g/mol. The van der Waals surface area contributed by atoms with Crippen molar-refractivity contribution in [3.63, 3.8) is 0 Å². The van der Waals surface area contributed by atoms with Gasteiger partial charge in [0.05, 0.1) is 0 Å². The molecule has 8 heteroatoms. The van der Waals surface area contributed by atoms with Crippen LogP contribution in [-0.2, 0) is 4.79 Å². The molecule has 3 N–H and O–H groups in total. The zero-order chi connectivity index (χ0) is 21.7. The maximum Gasteiger partial charge on any atom is 0.252 e. The molecule has 30 heavy (non-hydrogen) atoms. The van der Waals surface area contributed by atoms with Crippen LogP contribution in [0.1, 0.15) is 27.5 Å². The van der Waals surface area contributed by atoms with Crippen LogP contribution in [-0.4, -0.2) is 17.6 Å². The fourth-order valence-electron chi connectivity index (χ4n) is 2.73. The molecule has 0 aromatic heterocycles. The van der Waals surface area contributed by atoms with E-state index in [1.165, 1.54) is 18.2 Å². The number of nitrogens with one attached hydrogen (secondary N) is 3. The largest absolute Gasteiger partial charge is 0.336 e. The summed E-state index contributed by atoms with van der Waals surface area (Å²) in [5.74, 6) is -1.20. The van der Waals surface area contributed by atoms with E-state index in [1.807, 2.05) is 6.07 Å². The van der Waals surface area contributed by atoms with Crippen LogP contribution in [0.4, 0.5) is 0 Å². The quantitative estimate of drug-likeness (QED) is 0.358. The van der Waals surface area contributed by atoms with Crippen LogP contribution < -0.4 is 10.6 Å². The monoisotopic (exact) mass is 459 g/mol. The third-order valence-electron chi connectivity index (χ3n) is 4.18. The fourth-order valence-corrected chi connectivity index (χ4v) is 3.38. The summed E-state index contributed by atoms with van der Waals surface area (Å²) in [4.78, 5) is 25.7. The van der Waals surface area contributed by atoms with Crippen molar-refractivity contribution in [2.45, 2.75) is 6.04 Å². The van der Waals surface area contributed by atoms with Crippen LogP contribution in [0, 0.1) is 5.41 Å². The first-order chi connectivity index (χ1) is 14.3. The van der Waals surface area contributed by atoms with E-state index >= 15 is 0 Å². The molecule has 0 fully saturated rings. The molecule has 0 spiro atoms. The predicted octanol–water partition coefficient (Wildman–Crippen LogP) is 5.26. The van der Waals surface area contributed by atoms with E-state index in [0.717, 1.165) is 0 Å². The molecule has 2 amide bonds. The first-order valence-corrected chi connectivity index (χ1v) is 9.94. The molecule has 3 aromatic carbocycles. The van der Waals surface area contributed by atoms with Crippen LogP contribution in [0.5, 0.6) is 0 Å². The highest BCUT2D eigenvalue weighted by atomic mass is 35.5. The highest BCUT2D eigenvalue weighted by Gasteiger charge is 2.25. The lowest BCUT2D eigenvalue weighted by molar-refractivity contribution is -0.121. The summed E-state index contributed by atoms with van der Waals surface area (Å²) in [6.45, 7) is 0. The lowest BCUT2D eigenvalue weighted by Gasteiger charge is -2.19. The predicted molar refractivity (Wildman–Crippen MR) is 120 cm³/mol. The van der Waals surface area contributed by atoms with Crippen molar-refractivity contribution in [3.05, 3.63) is 105 Å². The number of halogens is 3. The van der Waals surface area contributed by atoms with Gasteiger partial charge >= 0.3 is 0 Å². The minimum Gasteiger partial charge on any atom is -0.336 e. The Kier molecular flexibility index (Phi) is 7.11. The molecule has 1 unspecified atom stereocenters. The zero-order valence-electron chi connectivity index (χ0n) is 15.5. The summed E-state index contributed by atoms with van der Waals surface area (Å²) in [6, 6.07) is 18.6. The van der Waals surface area contributed by atoms with E-state index in [1.54, 1.807) is 48.5 Å². The number of rotatable bonds is 5. The number of amidine groups is 1. The minimum absolute atomic E-state index is 0.0837. The van der Waals surface area contributed by atoms with Crippen molar-refractivity contribution in [1.82, 2.24) is 10.6 Å². The van der Waals surface area contributed by atoms with E-state index in [2.05, 4.69) is 10.6 Å². The van der Waals surface area contributed by atoms with Gasteiger partial charge in [-0.25, -0.2) is 0 Å². The number of amides is 2. The summed E-state index contributed by atoms with van der Waals surface area (Å²) in [7, 11) is 0. The number of hydrogen-bond acceptors (Lipinski definition) is 3. The van der Waals surface area contributed by atoms with Crippen molar-refractivity contribution < 1.29 is 9.59 Å². The van der Waals surface area contributed by atoms with Crippen molar-refractivity contribution in [1.29, 1.82) is 5.41 Å².